The lowest BCUT2D eigenvalue weighted by atomic mass is 10.0. The molecule has 0 saturated carbocycles. The van der Waals surface area contributed by atoms with E-state index in [0.717, 1.165) is 28.8 Å². The number of anilines is 2. The molecular weight excluding hydrogens is 312 g/mol. The minimum absolute atomic E-state index is 0.0133. The summed E-state index contributed by atoms with van der Waals surface area (Å²) < 4.78 is 2.01. The number of imidazole rings is 1. The number of benzene rings is 2. The van der Waals surface area contributed by atoms with Gasteiger partial charge in [0.15, 0.2) is 0 Å². The van der Waals surface area contributed by atoms with Gasteiger partial charge in [-0.05, 0) is 42.3 Å². The number of rotatable bonds is 4. The van der Waals surface area contributed by atoms with E-state index in [2.05, 4.69) is 28.9 Å². The van der Waals surface area contributed by atoms with Crippen LogP contribution in [0.4, 0.5) is 11.4 Å². The summed E-state index contributed by atoms with van der Waals surface area (Å²) in [6.45, 7) is 2.13. The highest BCUT2D eigenvalue weighted by Gasteiger charge is 2.15. The molecule has 0 spiro atoms. The van der Waals surface area contributed by atoms with Gasteiger partial charge in [-0.25, -0.2) is 4.98 Å². The van der Waals surface area contributed by atoms with E-state index < -0.39 is 0 Å². The number of hydrogen-bond donors (Lipinski definition) is 0. The maximum atomic E-state index is 12.3. The van der Waals surface area contributed by atoms with Crippen molar-refractivity contribution < 1.29 is 4.79 Å². The average molecular weight is 336 g/mol. The summed E-state index contributed by atoms with van der Waals surface area (Å²) in [5.41, 5.74) is 6.10. The second-order valence-corrected chi connectivity index (χ2v) is 6.48. The summed E-state index contributed by atoms with van der Waals surface area (Å²) in [6.07, 6.45) is 2.73. The minimum Gasteiger partial charge on any atom is -0.345 e. The van der Waals surface area contributed by atoms with E-state index >= 15 is 0 Å². The first-order valence-corrected chi connectivity index (χ1v) is 8.41. The van der Waals surface area contributed by atoms with Crippen LogP contribution in [0.2, 0.25) is 0 Å². The molecule has 0 saturated heterocycles. The zero-order valence-electron chi connectivity index (χ0n) is 15.4. The van der Waals surface area contributed by atoms with Crippen molar-refractivity contribution in [2.45, 2.75) is 13.3 Å². The summed E-state index contributed by atoms with van der Waals surface area (Å²) in [5, 5.41) is 0. The number of amides is 1. The number of nitrogens with zero attached hydrogens (tertiary/aromatic N) is 4. The zero-order chi connectivity index (χ0) is 18.1. The molecule has 1 amide bonds. The molecule has 0 aliphatic carbocycles. The molecule has 1 heterocycles. The van der Waals surface area contributed by atoms with Crippen LogP contribution in [0.1, 0.15) is 22.8 Å². The second kappa shape index (κ2) is 6.59. The van der Waals surface area contributed by atoms with Crippen LogP contribution in [-0.2, 0) is 13.5 Å². The van der Waals surface area contributed by atoms with Crippen LogP contribution < -0.4 is 4.90 Å². The van der Waals surface area contributed by atoms with Gasteiger partial charge in [-0.2, -0.15) is 0 Å². The Labute approximate surface area is 148 Å². The highest BCUT2D eigenvalue weighted by atomic mass is 16.2. The molecular formula is C20H24N4O. The first-order chi connectivity index (χ1) is 11.9. The van der Waals surface area contributed by atoms with Crippen LogP contribution in [0.25, 0.3) is 11.0 Å². The molecule has 0 atom stereocenters. The fraction of sp³-hybridized carbons (Fsp3) is 0.300. The average Bonchev–Trinajstić information content (AvgIpc) is 3.00. The van der Waals surface area contributed by atoms with Crippen LogP contribution in [0.3, 0.4) is 0 Å². The predicted molar refractivity (Wildman–Crippen MR) is 103 cm³/mol. The zero-order valence-corrected chi connectivity index (χ0v) is 15.4. The van der Waals surface area contributed by atoms with Gasteiger partial charge in [0.1, 0.15) is 0 Å². The van der Waals surface area contributed by atoms with Gasteiger partial charge >= 0.3 is 0 Å². The van der Waals surface area contributed by atoms with Crippen molar-refractivity contribution in [3.63, 3.8) is 0 Å². The summed E-state index contributed by atoms with van der Waals surface area (Å²) in [5.74, 6) is 0.0133. The van der Waals surface area contributed by atoms with Crippen molar-refractivity contribution in [3.05, 3.63) is 53.9 Å². The number of aryl methyl sites for hydroxylation is 2. The lowest BCUT2D eigenvalue weighted by Crippen LogP contribution is -2.22. The summed E-state index contributed by atoms with van der Waals surface area (Å²) in [4.78, 5) is 20.5. The van der Waals surface area contributed by atoms with E-state index in [-0.39, 0.29) is 5.91 Å². The van der Waals surface area contributed by atoms with Crippen molar-refractivity contribution in [1.29, 1.82) is 0 Å². The number of hydrogen-bond acceptors (Lipinski definition) is 3. The summed E-state index contributed by atoms with van der Waals surface area (Å²) >= 11 is 0. The molecule has 2 aromatic carbocycles. The number of aromatic nitrogens is 2. The molecule has 1 aromatic heterocycles. The maximum Gasteiger partial charge on any atom is 0.253 e. The van der Waals surface area contributed by atoms with E-state index in [0.29, 0.717) is 5.56 Å². The van der Waals surface area contributed by atoms with Gasteiger partial charge in [-0.1, -0.05) is 13.0 Å². The molecule has 3 rings (SSSR count). The number of fused-ring (bicyclic) bond motifs is 1. The van der Waals surface area contributed by atoms with E-state index in [9.17, 15) is 4.79 Å². The third-order valence-corrected chi connectivity index (χ3v) is 4.58. The Morgan fingerprint density at radius 2 is 1.88 bits per heavy atom. The third-order valence-electron chi connectivity index (χ3n) is 4.58. The molecule has 5 heteroatoms. The van der Waals surface area contributed by atoms with Crippen LogP contribution in [-0.4, -0.2) is 41.5 Å². The first kappa shape index (κ1) is 17.0. The largest absolute Gasteiger partial charge is 0.345 e. The smallest absolute Gasteiger partial charge is 0.253 e. The molecule has 0 N–H and O–H groups in total. The van der Waals surface area contributed by atoms with Crippen LogP contribution in [0, 0.1) is 0 Å². The standard InChI is InChI=1S/C20H24N4O/c1-6-14-7-8-15(20(25)22(2)3)11-18(14)24(5)16-9-10-17-19(12-16)23(4)13-21-17/h7-13H,6H2,1-5H3. The van der Waals surface area contributed by atoms with E-state index in [1.807, 2.05) is 49.3 Å². The van der Waals surface area contributed by atoms with Gasteiger partial charge in [0.05, 0.1) is 17.4 Å². The Bertz CT molecular complexity index is 927. The van der Waals surface area contributed by atoms with E-state index in [4.69, 9.17) is 0 Å². The third kappa shape index (κ3) is 3.09. The van der Waals surface area contributed by atoms with Gasteiger partial charge in [-0.15, -0.1) is 0 Å². The van der Waals surface area contributed by atoms with Gasteiger partial charge in [-0.3, -0.25) is 4.79 Å². The minimum atomic E-state index is 0.0133. The van der Waals surface area contributed by atoms with E-state index in [1.54, 1.807) is 19.0 Å². The van der Waals surface area contributed by atoms with Gasteiger partial charge in [0, 0.05) is 45.1 Å². The quantitative estimate of drug-likeness (QED) is 0.731. The topological polar surface area (TPSA) is 41.4 Å². The molecule has 0 aliphatic heterocycles. The van der Waals surface area contributed by atoms with Crippen LogP contribution in [0.15, 0.2) is 42.7 Å². The lowest BCUT2D eigenvalue weighted by Gasteiger charge is -2.24. The summed E-state index contributed by atoms with van der Waals surface area (Å²) in [6, 6.07) is 12.2. The van der Waals surface area contributed by atoms with Crippen molar-refractivity contribution >= 4 is 28.3 Å². The number of carbonyl (C=O) groups excluding carboxylic acids is 1. The molecule has 0 radical (unpaired) electrons. The van der Waals surface area contributed by atoms with Crippen molar-refractivity contribution in [2.75, 3.05) is 26.0 Å². The Hall–Kier alpha value is -2.82. The fourth-order valence-electron chi connectivity index (χ4n) is 3.03. The fourth-order valence-corrected chi connectivity index (χ4v) is 3.03. The molecule has 25 heavy (non-hydrogen) atoms. The van der Waals surface area contributed by atoms with Crippen molar-refractivity contribution in [2.24, 2.45) is 7.05 Å². The van der Waals surface area contributed by atoms with Crippen LogP contribution >= 0.6 is 0 Å². The number of carbonyl (C=O) groups is 1. The highest BCUT2D eigenvalue weighted by Crippen LogP contribution is 2.30. The van der Waals surface area contributed by atoms with Gasteiger partial charge in [0.25, 0.3) is 5.91 Å². The molecule has 3 aromatic rings. The predicted octanol–water partition coefficient (Wildman–Crippen LogP) is 3.61. The molecule has 0 unspecified atom stereocenters. The second-order valence-electron chi connectivity index (χ2n) is 6.48. The Morgan fingerprint density at radius 3 is 2.56 bits per heavy atom. The normalized spacial score (nSPS) is 10.9. The van der Waals surface area contributed by atoms with Gasteiger partial charge in [0.2, 0.25) is 0 Å². The Balaban J connectivity index is 2.07. The molecule has 0 bridgehead atoms. The van der Waals surface area contributed by atoms with E-state index in [1.165, 1.54) is 5.56 Å². The summed E-state index contributed by atoms with van der Waals surface area (Å²) in [7, 11) is 7.58. The lowest BCUT2D eigenvalue weighted by molar-refractivity contribution is 0.0827. The first-order valence-electron chi connectivity index (χ1n) is 8.41. The Morgan fingerprint density at radius 1 is 1.12 bits per heavy atom. The van der Waals surface area contributed by atoms with Crippen molar-refractivity contribution in [3.8, 4) is 0 Å². The molecule has 0 fully saturated rings. The molecule has 130 valence electrons. The Kier molecular flexibility index (Phi) is 4.49. The monoisotopic (exact) mass is 336 g/mol. The van der Waals surface area contributed by atoms with Crippen LogP contribution in [0.5, 0.6) is 0 Å². The highest BCUT2D eigenvalue weighted by molar-refractivity contribution is 5.95. The van der Waals surface area contributed by atoms with Crippen molar-refractivity contribution in [1.82, 2.24) is 14.5 Å². The SMILES string of the molecule is CCc1ccc(C(=O)N(C)C)cc1N(C)c1ccc2ncn(C)c2c1. The molecule has 0 aliphatic rings. The molecule has 5 nitrogen and oxygen atoms in total. The van der Waals surface area contributed by atoms with Gasteiger partial charge < -0.3 is 14.4 Å². The maximum absolute atomic E-state index is 12.3.